The van der Waals surface area contributed by atoms with Crippen molar-refractivity contribution in [3.63, 3.8) is 0 Å². The Bertz CT molecular complexity index is 112. The fourth-order valence-corrected chi connectivity index (χ4v) is 4.47. The number of hydrogen-bond acceptors (Lipinski definition) is 3. The predicted octanol–water partition coefficient (Wildman–Crippen LogP) is 3.10. The topological polar surface area (TPSA) is 9.23 Å². The summed E-state index contributed by atoms with van der Waals surface area (Å²) in [7, 11) is 0. The van der Waals surface area contributed by atoms with Crippen molar-refractivity contribution < 1.29 is 4.18 Å². The van der Waals surface area contributed by atoms with Gasteiger partial charge in [-0.3, -0.25) is 0 Å². The van der Waals surface area contributed by atoms with Gasteiger partial charge in [-0.25, -0.2) is 0 Å². The Balaban J connectivity index is 1.80. The highest BCUT2D eigenvalue weighted by molar-refractivity contribution is 8.02. The molecule has 2 aliphatic rings. The highest BCUT2D eigenvalue weighted by atomic mass is 32.2. The Kier molecular flexibility index (Phi) is 3.67. The maximum absolute atomic E-state index is 5.44. The molecule has 0 aromatic carbocycles. The van der Waals surface area contributed by atoms with E-state index >= 15 is 0 Å². The fraction of sp³-hybridized carbons (Fsp3) is 1.00. The van der Waals surface area contributed by atoms with Crippen LogP contribution in [0, 0.1) is 0 Å². The zero-order chi connectivity index (χ0) is 8.23. The molecule has 1 nitrogen and oxygen atoms in total. The van der Waals surface area contributed by atoms with E-state index in [1.807, 2.05) is 0 Å². The first kappa shape index (κ1) is 9.22. The average Bonchev–Trinajstić information content (AvgIpc) is 2.21. The molecule has 0 aromatic heterocycles. The zero-order valence-corrected chi connectivity index (χ0v) is 8.96. The fourth-order valence-electron chi connectivity index (χ4n) is 1.83. The maximum Gasteiger partial charge on any atom is 0.0614 e. The summed E-state index contributed by atoms with van der Waals surface area (Å²) in [6.45, 7) is 0.971. The SMILES string of the molecule is C1CCC(C2CCCOS2)SC1. The summed E-state index contributed by atoms with van der Waals surface area (Å²) in [4.78, 5) is 0. The van der Waals surface area contributed by atoms with Gasteiger partial charge in [-0.05, 0) is 43.5 Å². The Morgan fingerprint density at radius 1 is 1.00 bits per heavy atom. The van der Waals surface area contributed by atoms with Crippen molar-refractivity contribution in [2.24, 2.45) is 0 Å². The van der Waals surface area contributed by atoms with Gasteiger partial charge in [0.25, 0.3) is 0 Å². The molecule has 70 valence electrons. The van der Waals surface area contributed by atoms with Crippen molar-refractivity contribution in [2.75, 3.05) is 12.4 Å². The van der Waals surface area contributed by atoms with Gasteiger partial charge in [0.05, 0.1) is 6.61 Å². The van der Waals surface area contributed by atoms with Crippen LogP contribution in [0.1, 0.15) is 32.1 Å². The van der Waals surface area contributed by atoms with Crippen LogP contribution < -0.4 is 0 Å². The third-order valence-electron chi connectivity index (χ3n) is 2.54. The Labute approximate surface area is 83.2 Å². The lowest BCUT2D eigenvalue weighted by Crippen LogP contribution is -2.26. The van der Waals surface area contributed by atoms with Gasteiger partial charge >= 0.3 is 0 Å². The minimum absolute atomic E-state index is 0.795. The van der Waals surface area contributed by atoms with Gasteiger partial charge in [-0.1, -0.05) is 6.42 Å². The summed E-state index contributed by atoms with van der Waals surface area (Å²) < 4.78 is 5.44. The first-order valence-corrected chi connectivity index (χ1v) is 6.72. The van der Waals surface area contributed by atoms with Gasteiger partial charge in [0, 0.05) is 10.5 Å². The molecule has 2 aliphatic heterocycles. The van der Waals surface area contributed by atoms with Crippen molar-refractivity contribution >= 4 is 23.8 Å². The summed E-state index contributed by atoms with van der Waals surface area (Å²) in [5, 5.41) is 1.69. The maximum atomic E-state index is 5.44. The van der Waals surface area contributed by atoms with E-state index in [1.165, 1.54) is 37.9 Å². The van der Waals surface area contributed by atoms with Gasteiger partial charge in [0.2, 0.25) is 0 Å². The van der Waals surface area contributed by atoms with E-state index < -0.39 is 0 Å². The number of rotatable bonds is 1. The number of hydrogen-bond donors (Lipinski definition) is 0. The lowest BCUT2D eigenvalue weighted by atomic mass is 10.1. The van der Waals surface area contributed by atoms with E-state index in [2.05, 4.69) is 11.8 Å². The molecule has 0 saturated carbocycles. The summed E-state index contributed by atoms with van der Waals surface area (Å²) in [5.74, 6) is 1.38. The van der Waals surface area contributed by atoms with Crippen molar-refractivity contribution in [2.45, 2.75) is 42.6 Å². The second-order valence-corrected chi connectivity index (χ2v) is 5.88. The summed E-state index contributed by atoms with van der Waals surface area (Å²) in [6.07, 6.45) is 6.94. The standard InChI is InChI=1S/C9H16OS2/c1-2-7-11-8(4-1)9-5-3-6-10-12-9/h8-9H,1-7H2. The van der Waals surface area contributed by atoms with Crippen LogP contribution in [0.4, 0.5) is 0 Å². The molecule has 12 heavy (non-hydrogen) atoms. The molecular weight excluding hydrogens is 188 g/mol. The summed E-state index contributed by atoms with van der Waals surface area (Å²) in [6, 6.07) is 0. The Morgan fingerprint density at radius 3 is 2.58 bits per heavy atom. The van der Waals surface area contributed by atoms with Crippen LogP contribution in [0.5, 0.6) is 0 Å². The molecule has 2 rings (SSSR count). The lowest BCUT2D eigenvalue weighted by molar-refractivity contribution is 0.327. The second-order valence-electron chi connectivity index (χ2n) is 3.50. The van der Waals surface area contributed by atoms with Crippen LogP contribution in [-0.4, -0.2) is 22.9 Å². The molecule has 0 aromatic rings. The van der Waals surface area contributed by atoms with E-state index in [4.69, 9.17) is 4.18 Å². The molecule has 2 atom stereocenters. The molecular formula is C9H16OS2. The van der Waals surface area contributed by atoms with E-state index in [0.29, 0.717) is 0 Å². The van der Waals surface area contributed by atoms with E-state index in [-0.39, 0.29) is 0 Å². The molecule has 0 aliphatic carbocycles. The average molecular weight is 204 g/mol. The first-order valence-electron chi connectivity index (χ1n) is 4.87. The van der Waals surface area contributed by atoms with Crippen molar-refractivity contribution in [3.05, 3.63) is 0 Å². The largest absolute Gasteiger partial charge is 0.315 e. The van der Waals surface area contributed by atoms with E-state index in [1.54, 1.807) is 12.0 Å². The van der Waals surface area contributed by atoms with Gasteiger partial charge in [-0.2, -0.15) is 11.8 Å². The van der Waals surface area contributed by atoms with Crippen molar-refractivity contribution in [1.29, 1.82) is 0 Å². The predicted molar refractivity (Wildman–Crippen MR) is 56.7 cm³/mol. The molecule has 3 heteroatoms. The third kappa shape index (κ3) is 2.33. The molecule has 0 radical (unpaired) electrons. The highest BCUT2D eigenvalue weighted by Gasteiger charge is 2.26. The lowest BCUT2D eigenvalue weighted by Gasteiger charge is -2.30. The van der Waals surface area contributed by atoms with Gasteiger partial charge in [0.1, 0.15) is 0 Å². The Hall–Kier alpha value is 0.660. The van der Waals surface area contributed by atoms with Crippen LogP contribution in [0.15, 0.2) is 0 Å². The third-order valence-corrected chi connectivity index (χ3v) is 5.34. The molecule has 2 heterocycles. The molecule has 2 unspecified atom stereocenters. The van der Waals surface area contributed by atoms with Crippen LogP contribution >= 0.6 is 23.8 Å². The monoisotopic (exact) mass is 204 g/mol. The molecule has 0 spiro atoms. The molecule has 0 N–H and O–H groups in total. The van der Waals surface area contributed by atoms with Crippen LogP contribution in [0.2, 0.25) is 0 Å². The van der Waals surface area contributed by atoms with Crippen molar-refractivity contribution in [1.82, 2.24) is 0 Å². The van der Waals surface area contributed by atoms with Crippen molar-refractivity contribution in [3.8, 4) is 0 Å². The van der Waals surface area contributed by atoms with E-state index in [0.717, 1.165) is 17.1 Å². The Morgan fingerprint density at radius 2 is 1.92 bits per heavy atom. The van der Waals surface area contributed by atoms with Gasteiger partial charge < -0.3 is 4.18 Å². The van der Waals surface area contributed by atoms with Crippen LogP contribution in [-0.2, 0) is 4.18 Å². The normalized spacial score (nSPS) is 38.0. The van der Waals surface area contributed by atoms with Gasteiger partial charge in [-0.15, -0.1) is 0 Å². The highest BCUT2D eigenvalue weighted by Crippen LogP contribution is 2.37. The minimum atomic E-state index is 0.795. The summed E-state index contributed by atoms with van der Waals surface area (Å²) in [5.41, 5.74) is 0. The quantitative estimate of drug-likeness (QED) is 0.607. The summed E-state index contributed by atoms with van der Waals surface area (Å²) >= 11 is 3.92. The number of thioether (sulfide) groups is 1. The zero-order valence-electron chi connectivity index (χ0n) is 7.33. The van der Waals surface area contributed by atoms with Gasteiger partial charge in [0.15, 0.2) is 0 Å². The molecule has 0 amide bonds. The van der Waals surface area contributed by atoms with Crippen LogP contribution in [0.3, 0.4) is 0 Å². The van der Waals surface area contributed by atoms with Crippen LogP contribution in [0.25, 0.3) is 0 Å². The molecule has 0 bridgehead atoms. The molecule has 2 saturated heterocycles. The first-order chi connectivity index (χ1) is 5.97. The smallest absolute Gasteiger partial charge is 0.0614 e. The molecule has 2 fully saturated rings. The second kappa shape index (κ2) is 4.77. The van der Waals surface area contributed by atoms with E-state index in [9.17, 15) is 0 Å². The minimum Gasteiger partial charge on any atom is -0.315 e.